The molecule has 0 spiro atoms. The summed E-state index contributed by atoms with van der Waals surface area (Å²) in [7, 11) is 1.54. The van der Waals surface area contributed by atoms with Gasteiger partial charge in [-0.2, -0.15) is 0 Å². The van der Waals surface area contributed by atoms with E-state index in [2.05, 4.69) is 63.4 Å². The van der Waals surface area contributed by atoms with E-state index < -0.39 is 18.5 Å². The molecule has 2 saturated carbocycles. The second-order valence-electron chi connectivity index (χ2n) is 14.3. The van der Waals surface area contributed by atoms with Crippen molar-refractivity contribution in [1.29, 1.82) is 0 Å². The van der Waals surface area contributed by atoms with Crippen molar-refractivity contribution < 1.29 is 28.9 Å². The number of carbonyl (C=O) groups excluding carboxylic acids is 2. The summed E-state index contributed by atoms with van der Waals surface area (Å²) in [5.74, 6) is 2.86. The molecule has 0 heterocycles. The van der Waals surface area contributed by atoms with Crippen LogP contribution < -0.4 is 9.47 Å². The van der Waals surface area contributed by atoms with Crippen LogP contribution in [0.3, 0.4) is 0 Å². The Balaban J connectivity index is 1.37. The number of aryl methyl sites for hydroxylation is 1. The summed E-state index contributed by atoms with van der Waals surface area (Å²) in [5.41, 5.74) is 7.01. The molecule has 266 valence electrons. The van der Waals surface area contributed by atoms with Gasteiger partial charge in [0.25, 0.3) is 0 Å². The maximum atomic E-state index is 12.7. The van der Waals surface area contributed by atoms with E-state index in [0.29, 0.717) is 17.4 Å². The minimum atomic E-state index is -0.633. The molecule has 0 amide bonds. The van der Waals surface area contributed by atoms with Crippen LogP contribution in [0.2, 0.25) is 0 Å². The Labute approximate surface area is 298 Å². The minimum absolute atomic E-state index is 0.0163. The normalized spacial score (nSPS) is 20.6. The van der Waals surface area contributed by atoms with E-state index in [1.165, 1.54) is 64.0 Å². The molecule has 0 aliphatic heterocycles. The molecule has 50 heavy (non-hydrogen) atoms. The molecule has 2 aliphatic carbocycles. The number of benzene rings is 3. The third kappa shape index (κ3) is 9.21. The van der Waals surface area contributed by atoms with Gasteiger partial charge in [-0.3, -0.25) is 0 Å². The number of rotatable bonds is 14. The first kappa shape index (κ1) is 37.3. The second-order valence-corrected chi connectivity index (χ2v) is 14.3. The minimum Gasteiger partial charge on any atom is -0.423 e. The van der Waals surface area contributed by atoms with Crippen molar-refractivity contribution in [3.8, 4) is 33.8 Å². The van der Waals surface area contributed by atoms with E-state index in [1.807, 2.05) is 18.2 Å². The average molecular weight is 679 g/mol. The van der Waals surface area contributed by atoms with Crippen molar-refractivity contribution >= 4 is 11.9 Å². The van der Waals surface area contributed by atoms with E-state index >= 15 is 0 Å². The maximum absolute atomic E-state index is 12.7. The molecule has 3 aromatic rings. The molecule has 3 aromatic carbocycles. The summed E-state index contributed by atoms with van der Waals surface area (Å²) in [4.78, 5) is 24.9. The maximum Gasteiger partial charge on any atom is 0.341 e. The lowest BCUT2D eigenvalue weighted by Gasteiger charge is -2.38. The Morgan fingerprint density at radius 1 is 0.720 bits per heavy atom. The molecule has 0 unspecified atom stereocenters. The van der Waals surface area contributed by atoms with Crippen LogP contribution in [0.15, 0.2) is 85.0 Å². The molecular formula is C44H54O6. The largest absolute Gasteiger partial charge is 0.423 e. The Bertz CT molecular complexity index is 1640. The third-order valence-corrected chi connectivity index (χ3v) is 11.0. The summed E-state index contributed by atoms with van der Waals surface area (Å²) in [6.45, 7) is 11.5. The monoisotopic (exact) mass is 678 g/mol. The molecule has 6 heteroatoms. The van der Waals surface area contributed by atoms with Gasteiger partial charge in [0.1, 0.15) is 11.5 Å². The summed E-state index contributed by atoms with van der Waals surface area (Å²) < 4.78 is 16.3. The summed E-state index contributed by atoms with van der Waals surface area (Å²) in [6, 6.07) is 20.3. The fourth-order valence-electron chi connectivity index (χ4n) is 8.16. The van der Waals surface area contributed by atoms with Crippen LogP contribution in [0.25, 0.3) is 22.3 Å². The van der Waals surface area contributed by atoms with E-state index in [9.17, 15) is 14.7 Å². The molecule has 5 rings (SSSR count). The Morgan fingerprint density at radius 2 is 1.26 bits per heavy atom. The smallest absolute Gasteiger partial charge is 0.341 e. The van der Waals surface area contributed by atoms with Crippen molar-refractivity contribution in [3.05, 3.63) is 96.1 Å². The van der Waals surface area contributed by atoms with Crippen LogP contribution >= 0.6 is 0 Å². The van der Waals surface area contributed by atoms with Crippen molar-refractivity contribution in [2.75, 3.05) is 20.3 Å². The van der Waals surface area contributed by atoms with Gasteiger partial charge in [0.15, 0.2) is 0 Å². The van der Waals surface area contributed by atoms with E-state index in [0.717, 1.165) is 64.8 Å². The lowest BCUT2D eigenvalue weighted by molar-refractivity contribution is -0.131. The molecule has 0 atom stereocenters. The fourth-order valence-corrected chi connectivity index (χ4v) is 8.16. The van der Waals surface area contributed by atoms with E-state index in [1.54, 1.807) is 6.07 Å². The SMILES string of the molecule is C=C(CO)C(=O)Oc1ccc(-c2ccc(-c3ccc(OC(=O)C(=C)COC)cc3C3CCC(C4CCC(CCC)CC4)CC3)cc2)c(CC)c1. The first-order valence-electron chi connectivity index (χ1n) is 18.5. The molecule has 0 aromatic heterocycles. The molecule has 0 saturated heterocycles. The molecule has 0 radical (unpaired) electrons. The lowest BCUT2D eigenvalue weighted by atomic mass is 9.67. The first-order valence-corrected chi connectivity index (χ1v) is 18.5. The van der Waals surface area contributed by atoms with Gasteiger partial charge in [-0.1, -0.05) is 89.1 Å². The van der Waals surface area contributed by atoms with Crippen LogP contribution in [0.4, 0.5) is 0 Å². The van der Waals surface area contributed by atoms with Crippen molar-refractivity contribution in [1.82, 2.24) is 0 Å². The van der Waals surface area contributed by atoms with Gasteiger partial charge in [0, 0.05) is 7.11 Å². The highest BCUT2D eigenvalue weighted by atomic mass is 16.5. The molecule has 2 fully saturated rings. The van der Waals surface area contributed by atoms with Gasteiger partial charge in [-0.15, -0.1) is 0 Å². The zero-order valence-corrected chi connectivity index (χ0v) is 30.2. The third-order valence-electron chi connectivity index (χ3n) is 11.0. The van der Waals surface area contributed by atoms with Crippen LogP contribution in [0.1, 0.15) is 95.1 Å². The fraction of sp³-hybridized carbons (Fsp3) is 0.455. The Hall–Kier alpha value is -4.00. The second kappa shape index (κ2) is 17.8. The number of ether oxygens (including phenoxy) is 3. The number of carbonyl (C=O) groups is 2. The number of hydrogen-bond acceptors (Lipinski definition) is 6. The zero-order valence-electron chi connectivity index (χ0n) is 30.2. The van der Waals surface area contributed by atoms with Gasteiger partial charge >= 0.3 is 11.9 Å². The Kier molecular flexibility index (Phi) is 13.2. The highest BCUT2D eigenvalue weighted by Gasteiger charge is 2.32. The summed E-state index contributed by atoms with van der Waals surface area (Å²) >= 11 is 0. The van der Waals surface area contributed by atoms with Gasteiger partial charge < -0.3 is 19.3 Å². The van der Waals surface area contributed by atoms with Gasteiger partial charge in [-0.25, -0.2) is 9.59 Å². The summed E-state index contributed by atoms with van der Waals surface area (Å²) in [6.07, 6.45) is 13.8. The van der Waals surface area contributed by atoms with Gasteiger partial charge in [-0.05, 0) is 126 Å². The average Bonchev–Trinajstić information content (AvgIpc) is 3.15. The number of methoxy groups -OCH3 is 1. The first-order chi connectivity index (χ1) is 24.2. The highest BCUT2D eigenvalue weighted by molar-refractivity contribution is 5.90. The zero-order chi connectivity index (χ0) is 35.6. The molecule has 0 bridgehead atoms. The van der Waals surface area contributed by atoms with Crippen LogP contribution in [-0.4, -0.2) is 37.4 Å². The van der Waals surface area contributed by atoms with Crippen LogP contribution in [0.5, 0.6) is 11.5 Å². The predicted octanol–water partition coefficient (Wildman–Crippen LogP) is 10.0. The van der Waals surface area contributed by atoms with Gasteiger partial charge in [0.05, 0.1) is 24.4 Å². The van der Waals surface area contributed by atoms with Crippen molar-refractivity contribution in [2.24, 2.45) is 17.8 Å². The molecule has 1 N–H and O–H groups in total. The standard InChI is InChI=1S/C44H54O6/c1-6-8-31-9-11-33(12-10-31)34-13-15-37(16-14-34)42-26-39(50-44(47)30(4)28-48-5)22-24-41(42)36-19-17-35(18-20-36)40-23-21-38(25-32(40)7-2)49-43(46)29(3)27-45/h17-26,31,33-34,37,45H,3-4,6-16,27-28H2,1-2,5H3. The van der Waals surface area contributed by atoms with Gasteiger partial charge in [0.2, 0.25) is 0 Å². The number of aliphatic hydroxyl groups excluding tert-OH is 1. The highest BCUT2D eigenvalue weighted by Crippen LogP contribution is 2.47. The summed E-state index contributed by atoms with van der Waals surface area (Å²) in [5, 5.41) is 9.21. The van der Waals surface area contributed by atoms with E-state index in [4.69, 9.17) is 14.2 Å². The Morgan fingerprint density at radius 3 is 1.82 bits per heavy atom. The molecule has 2 aliphatic rings. The number of esters is 2. The molecular weight excluding hydrogens is 624 g/mol. The van der Waals surface area contributed by atoms with Crippen molar-refractivity contribution in [2.45, 2.75) is 90.4 Å². The quantitative estimate of drug-likeness (QED) is 0.104. The van der Waals surface area contributed by atoms with Crippen molar-refractivity contribution in [3.63, 3.8) is 0 Å². The van der Waals surface area contributed by atoms with E-state index in [-0.39, 0.29) is 17.8 Å². The number of hydrogen-bond donors (Lipinski definition) is 1. The topological polar surface area (TPSA) is 82.1 Å². The molecule has 6 nitrogen and oxygen atoms in total. The van der Waals surface area contributed by atoms with Crippen LogP contribution in [-0.2, 0) is 20.7 Å². The lowest BCUT2D eigenvalue weighted by Crippen LogP contribution is -2.25. The predicted molar refractivity (Wildman–Crippen MR) is 200 cm³/mol. The van der Waals surface area contributed by atoms with Crippen LogP contribution in [0, 0.1) is 17.8 Å². The number of aliphatic hydroxyl groups is 1.